The maximum Gasteiger partial charge on any atom is 0.225 e. The number of hydrogen-bond acceptors (Lipinski definition) is 4. The van der Waals surface area contributed by atoms with E-state index in [4.69, 9.17) is 0 Å². The number of hydrogen-bond donors (Lipinski definition) is 2. The molecule has 0 radical (unpaired) electrons. The van der Waals surface area contributed by atoms with Gasteiger partial charge in [0, 0.05) is 13.0 Å². The molecule has 21 heavy (non-hydrogen) atoms. The molecule has 0 aromatic heterocycles. The first-order valence-electron chi connectivity index (χ1n) is 6.97. The van der Waals surface area contributed by atoms with Crippen molar-refractivity contribution in [2.75, 3.05) is 17.8 Å². The summed E-state index contributed by atoms with van der Waals surface area (Å²) in [6.07, 6.45) is 2.16. The zero-order valence-corrected chi connectivity index (χ0v) is 14.0. The van der Waals surface area contributed by atoms with Gasteiger partial charge in [-0.15, -0.1) is 0 Å². The maximum atomic E-state index is 12.1. The van der Waals surface area contributed by atoms with Crippen LogP contribution in [0.15, 0.2) is 30.3 Å². The molecule has 1 N–H and O–H groups in total. The summed E-state index contributed by atoms with van der Waals surface area (Å²) >= 11 is 3.20. The topological polar surface area (TPSA) is 63.6 Å². The maximum absolute atomic E-state index is 12.1. The highest BCUT2D eigenvalue weighted by molar-refractivity contribution is 7.90. The van der Waals surface area contributed by atoms with Crippen molar-refractivity contribution < 1.29 is 14.5 Å². The Labute approximate surface area is 135 Å². The Morgan fingerprint density at radius 3 is 2.67 bits per heavy atom. The molecule has 6 heteroatoms. The Bertz CT molecular complexity index is 415. The molecule has 1 rings (SSSR count). The fourth-order valence-corrected chi connectivity index (χ4v) is 2.77. The average Bonchev–Trinajstić information content (AvgIpc) is 2.45. The lowest BCUT2D eigenvalue weighted by atomic mass is 10.2. The van der Waals surface area contributed by atoms with Crippen LogP contribution in [0.4, 0.5) is 0 Å². The molecule has 0 aliphatic carbocycles. The van der Waals surface area contributed by atoms with E-state index in [2.05, 4.69) is 12.6 Å². The fourth-order valence-electron chi connectivity index (χ4n) is 2.00. The van der Waals surface area contributed by atoms with Crippen LogP contribution >= 0.6 is 12.6 Å². The first-order chi connectivity index (χ1) is 10.0. The summed E-state index contributed by atoms with van der Waals surface area (Å²) in [5.41, 5.74) is 0.975. The van der Waals surface area contributed by atoms with Crippen molar-refractivity contribution in [3.8, 4) is 0 Å². The molecule has 4 nitrogen and oxygen atoms in total. The van der Waals surface area contributed by atoms with E-state index in [1.165, 1.54) is 4.90 Å². The number of carbonyl (C=O) groups is 1. The monoisotopic (exact) mass is 329 g/mol. The number of nitrogens with zero attached hydrogens (tertiary/aromatic N) is 1. The molecule has 0 saturated heterocycles. The lowest BCUT2D eigenvalue weighted by molar-refractivity contribution is -0.142. The predicted molar refractivity (Wildman–Crippen MR) is 89.6 cm³/mol. The van der Waals surface area contributed by atoms with Crippen molar-refractivity contribution in [2.45, 2.75) is 32.0 Å². The minimum Gasteiger partial charge on any atom is -0.617 e. The van der Waals surface area contributed by atoms with Crippen molar-refractivity contribution in [2.24, 2.45) is 0 Å². The standard InChI is InChI=1S/C15H23NO3S2/c1-21(19)11-5-8-14(17)16(15(18)9-10-20)12-13-6-3-2-4-7-13/h2-4,6-7,14,17,20H,5,8-12H2,1H3. The summed E-state index contributed by atoms with van der Waals surface area (Å²) in [7, 11) is 0. The predicted octanol–water partition coefficient (Wildman–Crippen LogP) is 1.81. The second-order valence-electron chi connectivity index (χ2n) is 4.88. The highest BCUT2D eigenvalue weighted by Gasteiger charge is 2.21. The molecule has 2 atom stereocenters. The van der Waals surface area contributed by atoms with Gasteiger partial charge in [-0.1, -0.05) is 41.5 Å². The molecular weight excluding hydrogens is 306 g/mol. The van der Waals surface area contributed by atoms with Crippen molar-refractivity contribution in [1.82, 2.24) is 4.90 Å². The van der Waals surface area contributed by atoms with E-state index >= 15 is 0 Å². The molecule has 0 fully saturated rings. The van der Waals surface area contributed by atoms with Gasteiger partial charge in [0.05, 0.1) is 6.26 Å². The van der Waals surface area contributed by atoms with Crippen LogP contribution in [0.5, 0.6) is 0 Å². The second kappa shape index (κ2) is 10.1. The Morgan fingerprint density at radius 1 is 1.43 bits per heavy atom. The molecule has 1 aromatic rings. The van der Waals surface area contributed by atoms with Gasteiger partial charge in [0.1, 0.15) is 12.0 Å². The smallest absolute Gasteiger partial charge is 0.225 e. The normalized spacial score (nSPS) is 13.7. The number of amides is 1. The van der Waals surface area contributed by atoms with Gasteiger partial charge in [-0.2, -0.15) is 12.6 Å². The van der Waals surface area contributed by atoms with E-state index in [0.29, 0.717) is 37.3 Å². The molecule has 2 unspecified atom stereocenters. The molecule has 0 spiro atoms. The lowest BCUT2D eigenvalue weighted by Gasteiger charge is -2.28. The van der Waals surface area contributed by atoms with Crippen LogP contribution in [-0.4, -0.2) is 44.5 Å². The Kier molecular flexibility index (Phi) is 8.84. The van der Waals surface area contributed by atoms with E-state index in [9.17, 15) is 14.5 Å². The van der Waals surface area contributed by atoms with Crippen LogP contribution < -0.4 is 0 Å². The van der Waals surface area contributed by atoms with E-state index < -0.39 is 17.4 Å². The van der Waals surface area contributed by atoms with E-state index in [1.807, 2.05) is 30.3 Å². The van der Waals surface area contributed by atoms with Gasteiger partial charge in [0.15, 0.2) is 0 Å². The van der Waals surface area contributed by atoms with Gasteiger partial charge < -0.3 is 14.6 Å². The van der Waals surface area contributed by atoms with Crippen LogP contribution in [-0.2, 0) is 22.5 Å². The van der Waals surface area contributed by atoms with E-state index in [1.54, 1.807) is 6.26 Å². The number of benzene rings is 1. The Morgan fingerprint density at radius 2 is 2.10 bits per heavy atom. The van der Waals surface area contributed by atoms with Crippen LogP contribution in [0, 0.1) is 0 Å². The molecule has 0 aliphatic heterocycles. The summed E-state index contributed by atoms with van der Waals surface area (Å²) in [5.74, 6) is 0.881. The lowest BCUT2D eigenvalue weighted by Crippen LogP contribution is -2.40. The number of rotatable bonds is 9. The molecule has 1 aromatic carbocycles. The zero-order chi connectivity index (χ0) is 15.7. The van der Waals surface area contributed by atoms with Crippen LogP contribution in [0.2, 0.25) is 0 Å². The Hall–Kier alpha value is -0.690. The van der Waals surface area contributed by atoms with Crippen molar-refractivity contribution >= 4 is 29.7 Å². The summed E-state index contributed by atoms with van der Waals surface area (Å²) in [4.78, 5) is 13.6. The van der Waals surface area contributed by atoms with Crippen molar-refractivity contribution in [3.63, 3.8) is 0 Å². The van der Waals surface area contributed by atoms with Crippen LogP contribution in [0.3, 0.4) is 0 Å². The van der Waals surface area contributed by atoms with Gasteiger partial charge in [0.25, 0.3) is 0 Å². The molecule has 1 amide bonds. The van der Waals surface area contributed by atoms with Crippen molar-refractivity contribution in [3.05, 3.63) is 35.9 Å². The van der Waals surface area contributed by atoms with Crippen molar-refractivity contribution in [1.29, 1.82) is 0 Å². The fraction of sp³-hybridized carbons (Fsp3) is 0.533. The minimum absolute atomic E-state index is 0.112. The third-order valence-corrected chi connectivity index (χ3v) is 4.18. The number of thiol groups is 1. The summed E-state index contributed by atoms with van der Waals surface area (Å²) < 4.78 is 11.1. The van der Waals surface area contributed by atoms with Crippen LogP contribution in [0.25, 0.3) is 0 Å². The second-order valence-corrected chi connectivity index (χ2v) is 6.88. The van der Waals surface area contributed by atoms with Gasteiger partial charge in [-0.05, 0) is 24.2 Å². The molecule has 0 aliphatic rings. The zero-order valence-electron chi connectivity index (χ0n) is 12.3. The molecule has 0 heterocycles. The SMILES string of the molecule is C[S+]([O-])CCCC(O)N(Cc1ccccc1)C(=O)CCS. The highest BCUT2D eigenvalue weighted by Crippen LogP contribution is 2.13. The quantitative estimate of drug-likeness (QED) is 0.413. The van der Waals surface area contributed by atoms with E-state index in [-0.39, 0.29) is 5.91 Å². The first-order valence-corrected chi connectivity index (χ1v) is 9.33. The number of aliphatic hydroxyl groups is 1. The number of carbonyl (C=O) groups excluding carboxylic acids is 1. The van der Waals surface area contributed by atoms with Gasteiger partial charge >= 0.3 is 0 Å². The summed E-state index contributed by atoms with van der Waals surface area (Å²) in [6, 6.07) is 9.58. The third kappa shape index (κ3) is 7.22. The van der Waals surface area contributed by atoms with E-state index in [0.717, 1.165) is 5.56 Å². The largest absolute Gasteiger partial charge is 0.617 e. The summed E-state index contributed by atoms with van der Waals surface area (Å²) in [5, 5.41) is 10.3. The third-order valence-electron chi connectivity index (χ3n) is 3.10. The highest BCUT2D eigenvalue weighted by atomic mass is 32.2. The molecule has 0 bridgehead atoms. The summed E-state index contributed by atoms with van der Waals surface area (Å²) in [6.45, 7) is 0.379. The van der Waals surface area contributed by atoms with Gasteiger partial charge in [0.2, 0.25) is 5.91 Å². The number of aliphatic hydroxyl groups excluding tert-OH is 1. The first kappa shape index (κ1) is 18.4. The average molecular weight is 329 g/mol. The molecule has 118 valence electrons. The van der Waals surface area contributed by atoms with Crippen LogP contribution in [0.1, 0.15) is 24.8 Å². The molecular formula is C15H23NO3S2. The van der Waals surface area contributed by atoms with Gasteiger partial charge in [-0.25, -0.2) is 0 Å². The van der Waals surface area contributed by atoms with Gasteiger partial charge in [-0.3, -0.25) is 4.79 Å². The Balaban J connectivity index is 2.65. The minimum atomic E-state index is -0.874. The molecule has 0 saturated carbocycles.